The Balaban J connectivity index is 1.86. The predicted octanol–water partition coefficient (Wildman–Crippen LogP) is 2.46. The van der Waals surface area contributed by atoms with Crippen LogP contribution >= 0.6 is 0 Å². The third kappa shape index (κ3) is 3.45. The standard InChI is InChI=1S/C14H16N2O2/c17-13-8-6-12(7-9-13)14(18)16-15-10-11-4-2-1-3-5-11/h1-2,6-11,17H,3-5H2,(H,16,18)/b15-10-/t11-/m0/s1. The van der Waals surface area contributed by atoms with Crippen LogP contribution in [0.4, 0.5) is 0 Å². The van der Waals surface area contributed by atoms with Crippen molar-refractivity contribution in [1.82, 2.24) is 5.43 Å². The summed E-state index contributed by atoms with van der Waals surface area (Å²) in [6.07, 6.45) is 9.24. The number of phenols is 1. The van der Waals surface area contributed by atoms with E-state index in [9.17, 15) is 4.79 Å². The van der Waals surface area contributed by atoms with Crippen LogP contribution in [-0.4, -0.2) is 17.2 Å². The van der Waals surface area contributed by atoms with Gasteiger partial charge in [-0.1, -0.05) is 12.2 Å². The van der Waals surface area contributed by atoms with Gasteiger partial charge >= 0.3 is 0 Å². The molecule has 0 spiro atoms. The molecule has 1 atom stereocenters. The molecule has 0 unspecified atom stereocenters. The third-order valence-corrected chi connectivity index (χ3v) is 2.89. The molecule has 0 fully saturated rings. The van der Waals surface area contributed by atoms with Crippen molar-refractivity contribution in [3.05, 3.63) is 42.0 Å². The summed E-state index contributed by atoms with van der Waals surface area (Å²) in [4.78, 5) is 11.7. The van der Waals surface area contributed by atoms with Gasteiger partial charge in [0, 0.05) is 11.8 Å². The molecule has 18 heavy (non-hydrogen) atoms. The molecule has 2 N–H and O–H groups in total. The summed E-state index contributed by atoms with van der Waals surface area (Å²) in [7, 11) is 0. The van der Waals surface area contributed by atoms with Crippen molar-refractivity contribution in [3.63, 3.8) is 0 Å². The van der Waals surface area contributed by atoms with Crippen molar-refractivity contribution >= 4 is 12.1 Å². The number of hydrogen-bond acceptors (Lipinski definition) is 3. The Bertz CT molecular complexity index is 463. The van der Waals surface area contributed by atoms with E-state index in [1.807, 2.05) is 0 Å². The molecule has 0 saturated carbocycles. The van der Waals surface area contributed by atoms with Crippen molar-refractivity contribution < 1.29 is 9.90 Å². The Morgan fingerprint density at radius 1 is 1.33 bits per heavy atom. The highest BCUT2D eigenvalue weighted by atomic mass is 16.3. The third-order valence-electron chi connectivity index (χ3n) is 2.89. The van der Waals surface area contributed by atoms with E-state index < -0.39 is 0 Å². The van der Waals surface area contributed by atoms with Gasteiger partial charge in [-0.3, -0.25) is 4.79 Å². The summed E-state index contributed by atoms with van der Waals surface area (Å²) < 4.78 is 0. The Morgan fingerprint density at radius 2 is 2.11 bits per heavy atom. The highest BCUT2D eigenvalue weighted by Crippen LogP contribution is 2.15. The zero-order valence-corrected chi connectivity index (χ0v) is 10.0. The number of phenolic OH excluding ortho intramolecular Hbond substituents is 1. The SMILES string of the molecule is O=C(N/N=C\[C@H]1CC=CCC1)c1ccc(O)cc1. The van der Waals surface area contributed by atoms with Crippen molar-refractivity contribution in [1.29, 1.82) is 0 Å². The van der Waals surface area contributed by atoms with Crippen LogP contribution in [0.15, 0.2) is 41.5 Å². The number of rotatable bonds is 3. The van der Waals surface area contributed by atoms with Crippen LogP contribution in [-0.2, 0) is 0 Å². The minimum atomic E-state index is -0.266. The number of allylic oxidation sites excluding steroid dienone is 2. The predicted molar refractivity (Wildman–Crippen MR) is 70.5 cm³/mol. The normalized spacial score (nSPS) is 19.0. The van der Waals surface area contributed by atoms with E-state index in [1.54, 1.807) is 18.3 Å². The average molecular weight is 244 g/mol. The number of aromatic hydroxyl groups is 1. The second-order valence-corrected chi connectivity index (χ2v) is 4.31. The molecule has 1 aliphatic carbocycles. The molecule has 0 aliphatic heterocycles. The quantitative estimate of drug-likeness (QED) is 0.487. The van der Waals surface area contributed by atoms with Crippen LogP contribution in [0.2, 0.25) is 0 Å². The highest BCUT2D eigenvalue weighted by Gasteiger charge is 2.07. The van der Waals surface area contributed by atoms with E-state index in [1.165, 1.54) is 12.1 Å². The molecular weight excluding hydrogens is 228 g/mol. The number of hydrogen-bond donors (Lipinski definition) is 2. The van der Waals surface area contributed by atoms with E-state index in [2.05, 4.69) is 22.7 Å². The van der Waals surface area contributed by atoms with Crippen LogP contribution < -0.4 is 5.43 Å². The smallest absolute Gasteiger partial charge is 0.271 e. The maximum atomic E-state index is 11.7. The monoisotopic (exact) mass is 244 g/mol. The molecule has 1 amide bonds. The summed E-state index contributed by atoms with van der Waals surface area (Å²) >= 11 is 0. The molecule has 0 heterocycles. The van der Waals surface area contributed by atoms with Gasteiger partial charge < -0.3 is 5.11 Å². The summed E-state index contributed by atoms with van der Waals surface area (Å²) in [5.74, 6) is 0.289. The van der Waals surface area contributed by atoms with Crippen molar-refractivity contribution in [2.24, 2.45) is 11.0 Å². The zero-order valence-electron chi connectivity index (χ0n) is 10.0. The first kappa shape index (κ1) is 12.4. The number of amides is 1. The fourth-order valence-electron chi connectivity index (χ4n) is 1.83. The van der Waals surface area contributed by atoms with E-state index in [0.717, 1.165) is 19.3 Å². The molecule has 0 radical (unpaired) electrons. The lowest BCUT2D eigenvalue weighted by Crippen LogP contribution is -2.18. The van der Waals surface area contributed by atoms with Gasteiger partial charge in [0.1, 0.15) is 5.75 Å². The van der Waals surface area contributed by atoms with E-state index in [0.29, 0.717) is 11.5 Å². The first-order valence-corrected chi connectivity index (χ1v) is 6.03. The number of hydrazone groups is 1. The molecule has 1 aromatic carbocycles. The molecule has 1 aromatic rings. The van der Waals surface area contributed by atoms with Gasteiger partial charge in [-0.05, 0) is 49.4 Å². The van der Waals surface area contributed by atoms with Gasteiger partial charge in [0.15, 0.2) is 0 Å². The van der Waals surface area contributed by atoms with Gasteiger partial charge in [0.2, 0.25) is 0 Å². The Hall–Kier alpha value is -2.10. The maximum Gasteiger partial charge on any atom is 0.271 e. The highest BCUT2D eigenvalue weighted by molar-refractivity contribution is 5.94. The number of benzene rings is 1. The first-order valence-electron chi connectivity index (χ1n) is 6.03. The van der Waals surface area contributed by atoms with E-state index in [4.69, 9.17) is 5.11 Å². The minimum absolute atomic E-state index is 0.143. The average Bonchev–Trinajstić information content (AvgIpc) is 2.40. The van der Waals surface area contributed by atoms with E-state index in [-0.39, 0.29) is 11.7 Å². The van der Waals surface area contributed by atoms with Crippen LogP contribution in [0.5, 0.6) is 5.75 Å². The van der Waals surface area contributed by atoms with Crippen LogP contribution in [0.3, 0.4) is 0 Å². The Labute approximate surface area is 106 Å². The molecule has 94 valence electrons. The molecule has 0 saturated heterocycles. The minimum Gasteiger partial charge on any atom is -0.508 e. The zero-order chi connectivity index (χ0) is 12.8. The van der Waals surface area contributed by atoms with E-state index >= 15 is 0 Å². The molecule has 4 nitrogen and oxygen atoms in total. The van der Waals surface area contributed by atoms with Gasteiger partial charge in [-0.2, -0.15) is 5.10 Å². The number of nitrogens with one attached hydrogen (secondary N) is 1. The largest absolute Gasteiger partial charge is 0.508 e. The first-order chi connectivity index (χ1) is 8.75. The molecule has 2 rings (SSSR count). The summed E-state index contributed by atoms with van der Waals surface area (Å²) in [6, 6.07) is 6.07. The lowest BCUT2D eigenvalue weighted by Gasteiger charge is -2.11. The fraction of sp³-hybridized carbons (Fsp3) is 0.286. The summed E-state index contributed by atoms with van der Waals surface area (Å²) in [5.41, 5.74) is 2.97. The van der Waals surface area contributed by atoms with Gasteiger partial charge in [-0.25, -0.2) is 5.43 Å². The van der Waals surface area contributed by atoms with Crippen LogP contribution in [0.1, 0.15) is 29.6 Å². The Kier molecular flexibility index (Phi) is 4.12. The summed E-state index contributed by atoms with van der Waals surface area (Å²) in [5, 5.41) is 13.1. The topological polar surface area (TPSA) is 61.7 Å². The Morgan fingerprint density at radius 3 is 2.78 bits per heavy atom. The second-order valence-electron chi connectivity index (χ2n) is 4.31. The molecule has 1 aliphatic rings. The van der Waals surface area contributed by atoms with Gasteiger partial charge in [-0.15, -0.1) is 0 Å². The van der Waals surface area contributed by atoms with Gasteiger partial charge in [0.05, 0.1) is 0 Å². The van der Waals surface area contributed by atoms with Crippen LogP contribution in [0.25, 0.3) is 0 Å². The fourth-order valence-corrected chi connectivity index (χ4v) is 1.83. The number of nitrogens with zero attached hydrogens (tertiary/aromatic N) is 1. The molecule has 0 aromatic heterocycles. The summed E-state index contributed by atoms with van der Waals surface area (Å²) in [6.45, 7) is 0. The molecule has 4 heteroatoms. The van der Waals surface area contributed by atoms with Crippen LogP contribution in [0, 0.1) is 5.92 Å². The second kappa shape index (κ2) is 6.00. The number of carbonyl (C=O) groups excluding carboxylic acids is 1. The van der Waals surface area contributed by atoms with Crippen molar-refractivity contribution in [2.75, 3.05) is 0 Å². The number of carbonyl (C=O) groups is 1. The lowest BCUT2D eigenvalue weighted by molar-refractivity contribution is 0.0955. The molecular formula is C14H16N2O2. The lowest BCUT2D eigenvalue weighted by atomic mass is 9.96. The van der Waals surface area contributed by atoms with Crippen molar-refractivity contribution in [2.45, 2.75) is 19.3 Å². The van der Waals surface area contributed by atoms with Gasteiger partial charge in [0.25, 0.3) is 5.91 Å². The maximum absolute atomic E-state index is 11.7. The van der Waals surface area contributed by atoms with Crippen molar-refractivity contribution in [3.8, 4) is 5.75 Å². The molecule has 0 bridgehead atoms.